The van der Waals surface area contributed by atoms with Crippen LogP contribution in [0.1, 0.15) is 49.9 Å². The van der Waals surface area contributed by atoms with Gasteiger partial charge in [-0.05, 0) is 30.5 Å². The summed E-state index contributed by atoms with van der Waals surface area (Å²) in [5.41, 5.74) is -0.395. The fraction of sp³-hybridized carbons (Fsp3) is 0.533. The third kappa shape index (κ3) is 6.73. The van der Waals surface area contributed by atoms with Crippen molar-refractivity contribution in [2.24, 2.45) is 5.92 Å². The molecule has 1 aromatic rings. The molecule has 8 nitrogen and oxygen atoms in total. The van der Waals surface area contributed by atoms with Crippen LogP contribution in [0.25, 0.3) is 0 Å². The summed E-state index contributed by atoms with van der Waals surface area (Å²) in [5.74, 6) is -0.806. The summed E-state index contributed by atoms with van der Waals surface area (Å²) in [6.45, 7) is 4.09. The van der Waals surface area contributed by atoms with E-state index in [-0.39, 0.29) is 12.5 Å². The molecule has 0 aromatic heterocycles. The predicted molar refractivity (Wildman–Crippen MR) is 89.7 cm³/mol. The minimum absolute atomic E-state index is 0.104. The van der Waals surface area contributed by atoms with Crippen molar-refractivity contribution in [3.8, 4) is 0 Å². The van der Waals surface area contributed by atoms with Crippen LogP contribution in [0.15, 0.2) is 28.0 Å². The lowest BCUT2D eigenvalue weighted by molar-refractivity contribution is 0.0427. The highest BCUT2D eigenvalue weighted by Gasteiger charge is 2.21. The fourth-order valence-corrected chi connectivity index (χ4v) is 3.34. The number of carbonyl (C=O) groups is 1. The van der Waals surface area contributed by atoms with Gasteiger partial charge in [0.2, 0.25) is 0 Å². The topological polar surface area (TPSA) is 135 Å². The highest BCUT2D eigenvalue weighted by molar-refractivity contribution is 7.86. The lowest BCUT2D eigenvalue weighted by Crippen LogP contribution is -2.15. The zero-order valence-corrected chi connectivity index (χ0v) is 15.6. The molecule has 2 N–H and O–H groups in total. The average molecular weight is 394 g/mol. The van der Waals surface area contributed by atoms with Gasteiger partial charge in [0.25, 0.3) is 20.2 Å². The lowest BCUT2D eigenvalue weighted by atomic mass is 10.0. The Kier molecular flexibility index (Phi) is 7.54. The van der Waals surface area contributed by atoms with E-state index in [0.717, 1.165) is 37.8 Å². The van der Waals surface area contributed by atoms with Gasteiger partial charge in [0.05, 0.1) is 22.0 Å². The number of benzene rings is 1. The van der Waals surface area contributed by atoms with Crippen molar-refractivity contribution >= 4 is 26.2 Å². The Morgan fingerprint density at radius 1 is 1.04 bits per heavy atom. The molecule has 0 saturated carbocycles. The maximum absolute atomic E-state index is 12.1. The molecule has 1 rings (SSSR count). The maximum Gasteiger partial charge on any atom is 0.338 e. The predicted octanol–water partition coefficient (Wildman–Crippen LogP) is 2.55. The number of hydrogen-bond donors (Lipinski definition) is 2. The molecule has 1 aromatic carbocycles. The Hall–Kier alpha value is -1.49. The molecule has 1 atom stereocenters. The van der Waals surface area contributed by atoms with Crippen LogP contribution in [-0.2, 0) is 25.0 Å². The normalized spacial score (nSPS) is 13.4. The molecule has 0 heterocycles. The number of unbranched alkanes of at least 4 members (excludes halogenated alkanes) is 1. The molecule has 0 radical (unpaired) electrons. The molecule has 0 aliphatic carbocycles. The van der Waals surface area contributed by atoms with Crippen LogP contribution >= 0.6 is 0 Å². The Labute approximate surface area is 147 Å². The Morgan fingerprint density at radius 3 is 1.96 bits per heavy atom. The Balaban J connectivity index is 3.09. The first-order valence-electron chi connectivity index (χ1n) is 7.76. The van der Waals surface area contributed by atoms with E-state index in [1.54, 1.807) is 0 Å². The van der Waals surface area contributed by atoms with Gasteiger partial charge in [-0.3, -0.25) is 9.11 Å². The van der Waals surface area contributed by atoms with Crippen molar-refractivity contribution in [3.63, 3.8) is 0 Å². The van der Waals surface area contributed by atoms with Gasteiger partial charge in [-0.25, -0.2) is 4.79 Å². The van der Waals surface area contributed by atoms with Gasteiger partial charge in [0.1, 0.15) is 0 Å². The molecule has 142 valence electrons. The van der Waals surface area contributed by atoms with E-state index in [2.05, 4.69) is 0 Å². The van der Waals surface area contributed by atoms with Gasteiger partial charge in [-0.15, -0.1) is 0 Å². The molecule has 0 saturated heterocycles. The van der Waals surface area contributed by atoms with E-state index >= 15 is 0 Å². The lowest BCUT2D eigenvalue weighted by Gasteiger charge is -2.15. The van der Waals surface area contributed by atoms with Crippen molar-refractivity contribution in [2.45, 2.75) is 49.3 Å². The summed E-state index contributed by atoms with van der Waals surface area (Å²) < 4.78 is 68.3. The van der Waals surface area contributed by atoms with Crippen LogP contribution in [0.4, 0.5) is 0 Å². The van der Waals surface area contributed by atoms with Crippen LogP contribution in [0.5, 0.6) is 0 Å². The van der Waals surface area contributed by atoms with E-state index in [1.165, 1.54) is 0 Å². The van der Waals surface area contributed by atoms with Gasteiger partial charge in [0.15, 0.2) is 0 Å². The van der Waals surface area contributed by atoms with Gasteiger partial charge in [-0.2, -0.15) is 16.8 Å². The minimum Gasteiger partial charge on any atom is -0.462 e. The van der Waals surface area contributed by atoms with Crippen molar-refractivity contribution in [1.29, 1.82) is 0 Å². The summed E-state index contributed by atoms with van der Waals surface area (Å²) in [7, 11) is -9.55. The first kappa shape index (κ1) is 21.6. The summed E-state index contributed by atoms with van der Waals surface area (Å²) in [5, 5.41) is 0. The first-order chi connectivity index (χ1) is 11.5. The maximum atomic E-state index is 12.1. The summed E-state index contributed by atoms with van der Waals surface area (Å²) >= 11 is 0. The van der Waals surface area contributed by atoms with Gasteiger partial charge in [-0.1, -0.05) is 33.1 Å². The number of rotatable bonds is 9. The number of hydrogen-bond acceptors (Lipinski definition) is 6. The van der Waals surface area contributed by atoms with Crippen LogP contribution in [0.2, 0.25) is 0 Å². The second-order valence-electron chi connectivity index (χ2n) is 5.66. The highest BCUT2D eigenvalue weighted by atomic mass is 32.2. The van der Waals surface area contributed by atoms with E-state index in [9.17, 15) is 21.6 Å². The van der Waals surface area contributed by atoms with Crippen LogP contribution < -0.4 is 0 Å². The monoisotopic (exact) mass is 394 g/mol. The van der Waals surface area contributed by atoms with Crippen molar-refractivity contribution in [2.75, 3.05) is 6.61 Å². The Morgan fingerprint density at radius 2 is 1.56 bits per heavy atom. The zero-order chi connectivity index (χ0) is 19.3. The van der Waals surface area contributed by atoms with Crippen LogP contribution in [-0.4, -0.2) is 38.5 Å². The quantitative estimate of drug-likeness (QED) is 0.482. The van der Waals surface area contributed by atoms with Crippen LogP contribution in [0.3, 0.4) is 0 Å². The van der Waals surface area contributed by atoms with Crippen LogP contribution in [0, 0.1) is 5.92 Å². The van der Waals surface area contributed by atoms with Gasteiger partial charge < -0.3 is 4.74 Å². The molecule has 0 aliphatic heterocycles. The van der Waals surface area contributed by atoms with Gasteiger partial charge >= 0.3 is 5.97 Å². The second kappa shape index (κ2) is 8.75. The largest absolute Gasteiger partial charge is 0.462 e. The summed E-state index contributed by atoms with van der Waals surface area (Å²) in [6, 6.07) is 2.14. The van der Waals surface area contributed by atoms with E-state index in [4.69, 9.17) is 13.8 Å². The summed E-state index contributed by atoms with van der Waals surface area (Å²) in [6.07, 6.45) is 3.62. The molecule has 0 spiro atoms. The Bertz CT molecular complexity index is 762. The number of carbonyl (C=O) groups excluding carboxylic acids is 1. The third-order valence-electron chi connectivity index (χ3n) is 3.70. The SMILES string of the molecule is CCCCC(CC)COC(=O)c1cc(S(=O)(=O)O)cc(S(=O)(=O)O)c1. The van der Waals surface area contributed by atoms with Gasteiger partial charge in [0, 0.05) is 0 Å². The zero-order valence-electron chi connectivity index (χ0n) is 14.0. The van der Waals surface area contributed by atoms with E-state index in [0.29, 0.717) is 6.07 Å². The van der Waals surface area contributed by atoms with Crippen molar-refractivity contribution in [3.05, 3.63) is 23.8 Å². The molecule has 10 heteroatoms. The number of ether oxygens (including phenoxy) is 1. The molecule has 1 unspecified atom stereocenters. The first-order valence-corrected chi connectivity index (χ1v) is 10.6. The molecule has 0 aliphatic rings. The smallest absolute Gasteiger partial charge is 0.338 e. The average Bonchev–Trinajstić information content (AvgIpc) is 2.52. The molecule has 0 amide bonds. The fourth-order valence-electron chi connectivity index (χ4n) is 2.16. The third-order valence-corrected chi connectivity index (χ3v) is 5.37. The molecular formula is C15H22O8S2. The number of esters is 1. The standard InChI is InChI=1S/C15H22O8S2/c1-3-5-6-11(4-2)10-23-15(16)12-7-13(24(17,18)19)9-14(8-12)25(20,21)22/h7-9,11H,3-6,10H2,1-2H3,(H,17,18,19)(H,20,21,22). The van der Waals surface area contributed by atoms with Crippen molar-refractivity contribution < 1.29 is 35.5 Å². The highest BCUT2D eigenvalue weighted by Crippen LogP contribution is 2.20. The van der Waals surface area contributed by atoms with E-state index in [1.807, 2.05) is 13.8 Å². The minimum atomic E-state index is -4.77. The van der Waals surface area contributed by atoms with E-state index < -0.39 is 41.6 Å². The second-order valence-corrected chi connectivity index (χ2v) is 8.50. The molecular weight excluding hydrogens is 372 g/mol. The van der Waals surface area contributed by atoms with Crippen molar-refractivity contribution in [1.82, 2.24) is 0 Å². The molecule has 25 heavy (non-hydrogen) atoms. The molecule has 0 bridgehead atoms. The summed E-state index contributed by atoms with van der Waals surface area (Å²) in [4.78, 5) is 10.5. The molecule has 0 fully saturated rings.